The Morgan fingerprint density at radius 3 is 2.32 bits per heavy atom. The second-order valence-electron chi connectivity index (χ2n) is 11.6. The molecule has 37 heavy (non-hydrogen) atoms. The summed E-state index contributed by atoms with van der Waals surface area (Å²) in [5, 5.41) is 3.01. The highest BCUT2D eigenvalue weighted by molar-refractivity contribution is 5.95. The number of Topliss-reactive ketones (excluding diaryl/α,β-unsaturated/α-hetero) is 1. The summed E-state index contributed by atoms with van der Waals surface area (Å²) in [5.41, 5.74) is 6.08. The van der Waals surface area contributed by atoms with Crippen molar-refractivity contribution < 1.29 is 20.5 Å². The van der Waals surface area contributed by atoms with E-state index in [1.54, 1.807) is 0 Å². The zero-order valence-electron chi connectivity index (χ0n) is 22.1. The summed E-state index contributed by atoms with van der Waals surface area (Å²) in [6, 6.07) is 20.5. The molecule has 1 N–H and O–H groups in total. The van der Waals surface area contributed by atoms with Crippen LogP contribution < -0.4 is 14.8 Å². The van der Waals surface area contributed by atoms with E-state index in [-0.39, 0.29) is 25.3 Å². The number of aryl methyl sites for hydroxylation is 1. The quantitative estimate of drug-likeness (QED) is 0.383. The standard InChI is InChI=1S/C32H35NO4.H2/c1-21-5-6-23(16-29(34)32(13-14-32)25-11-12-27-28(17-25)37-20-36-27)15-26(21)24-9-7-22(8-10-24)19-33-30(35)18-31(2,3)4;/h5-12,15,17H,13-14,16,18-20H2,1-4H3,(H,33,35);1H. The number of hydrogen-bond donors (Lipinski definition) is 1. The number of nitrogens with one attached hydrogen (secondary N) is 1. The fourth-order valence-electron chi connectivity index (χ4n) is 5.04. The van der Waals surface area contributed by atoms with Crippen LogP contribution in [0.25, 0.3) is 11.1 Å². The van der Waals surface area contributed by atoms with Gasteiger partial charge >= 0.3 is 0 Å². The first-order chi connectivity index (χ1) is 17.6. The number of amides is 1. The molecule has 0 unspecified atom stereocenters. The molecule has 0 spiro atoms. The smallest absolute Gasteiger partial charge is 0.231 e. The van der Waals surface area contributed by atoms with Gasteiger partial charge in [-0.2, -0.15) is 0 Å². The lowest BCUT2D eigenvalue weighted by atomic mass is 9.87. The molecule has 1 aliphatic heterocycles. The van der Waals surface area contributed by atoms with Gasteiger partial charge in [-0.1, -0.05) is 69.3 Å². The van der Waals surface area contributed by atoms with Crippen LogP contribution in [0.2, 0.25) is 0 Å². The number of ketones is 1. The first-order valence-corrected chi connectivity index (χ1v) is 13.0. The monoisotopic (exact) mass is 499 g/mol. The fourth-order valence-corrected chi connectivity index (χ4v) is 5.04. The molecule has 1 aliphatic carbocycles. The van der Waals surface area contributed by atoms with Gasteiger partial charge in [0.1, 0.15) is 5.78 Å². The molecule has 3 aromatic rings. The summed E-state index contributed by atoms with van der Waals surface area (Å²) in [7, 11) is 0. The number of ether oxygens (including phenoxy) is 2. The van der Waals surface area contributed by atoms with Crippen molar-refractivity contribution in [3.63, 3.8) is 0 Å². The molecular formula is C32H37NO4. The van der Waals surface area contributed by atoms with E-state index in [1.807, 2.05) is 18.2 Å². The van der Waals surface area contributed by atoms with Crippen LogP contribution >= 0.6 is 0 Å². The van der Waals surface area contributed by atoms with Crippen LogP contribution in [0.5, 0.6) is 11.5 Å². The maximum Gasteiger partial charge on any atom is 0.231 e. The Bertz CT molecular complexity index is 1340. The van der Waals surface area contributed by atoms with Crippen LogP contribution in [0.1, 0.15) is 63.7 Å². The first-order valence-electron chi connectivity index (χ1n) is 13.0. The summed E-state index contributed by atoms with van der Waals surface area (Å²) < 4.78 is 11.0. The molecule has 0 bridgehead atoms. The minimum Gasteiger partial charge on any atom is -0.454 e. The zero-order chi connectivity index (χ0) is 26.2. The predicted molar refractivity (Wildman–Crippen MR) is 147 cm³/mol. The van der Waals surface area contributed by atoms with Gasteiger partial charge in [0, 0.05) is 20.8 Å². The summed E-state index contributed by atoms with van der Waals surface area (Å²) >= 11 is 0. The van der Waals surface area contributed by atoms with Gasteiger partial charge in [0.2, 0.25) is 12.7 Å². The minimum atomic E-state index is -0.412. The van der Waals surface area contributed by atoms with Gasteiger partial charge in [-0.05, 0) is 70.7 Å². The number of hydrogen-bond acceptors (Lipinski definition) is 4. The molecule has 2 aliphatic rings. The van der Waals surface area contributed by atoms with Gasteiger partial charge in [0.25, 0.3) is 0 Å². The fraction of sp³-hybridized carbons (Fsp3) is 0.375. The largest absolute Gasteiger partial charge is 0.454 e. The maximum absolute atomic E-state index is 13.5. The van der Waals surface area contributed by atoms with Gasteiger partial charge in [-0.3, -0.25) is 9.59 Å². The number of rotatable bonds is 8. The van der Waals surface area contributed by atoms with Crippen molar-refractivity contribution in [2.75, 3.05) is 6.79 Å². The van der Waals surface area contributed by atoms with Crippen molar-refractivity contribution in [1.82, 2.24) is 5.32 Å². The Balaban J connectivity index is 0.00000336. The van der Waals surface area contributed by atoms with E-state index in [4.69, 9.17) is 9.47 Å². The van der Waals surface area contributed by atoms with E-state index in [2.05, 4.69) is 75.5 Å². The molecule has 1 saturated carbocycles. The average molecular weight is 500 g/mol. The third-order valence-electron chi connectivity index (χ3n) is 7.32. The van der Waals surface area contributed by atoms with Crippen LogP contribution in [-0.2, 0) is 28.0 Å². The minimum absolute atomic E-state index is 0. The summed E-state index contributed by atoms with van der Waals surface area (Å²) in [4.78, 5) is 25.6. The van der Waals surface area contributed by atoms with Crippen LogP contribution in [-0.4, -0.2) is 18.5 Å². The van der Waals surface area contributed by atoms with E-state index >= 15 is 0 Å². The molecule has 5 heteroatoms. The summed E-state index contributed by atoms with van der Waals surface area (Å²) in [6.45, 7) is 9.04. The summed E-state index contributed by atoms with van der Waals surface area (Å²) in [6.07, 6.45) is 2.65. The number of carbonyl (C=O) groups excluding carboxylic acids is 2. The Hall–Kier alpha value is -3.60. The van der Waals surface area contributed by atoms with Gasteiger partial charge in [-0.15, -0.1) is 0 Å². The number of fused-ring (bicyclic) bond motifs is 1. The van der Waals surface area contributed by atoms with Crippen LogP contribution in [0.15, 0.2) is 60.7 Å². The van der Waals surface area contributed by atoms with Crippen molar-refractivity contribution in [3.05, 3.63) is 82.9 Å². The van der Waals surface area contributed by atoms with E-state index in [0.29, 0.717) is 19.4 Å². The molecule has 5 rings (SSSR count). The van der Waals surface area contributed by atoms with E-state index in [9.17, 15) is 9.59 Å². The maximum atomic E-state index is 13.5. The van der Waals surface area contributed by atoms with Crippen molar-refractivity contribution in [1.29, 1.82) is 0 Å². The topological polar surface area (TPSA) is 64.6 Å². The Labute approximate surface area is 220 Å². The van der Waals surface area contributed by atoms with Crippen molar-refractivity contribution in [2.45, 2.75) is 65.3 Å². The lowest BCUT2D eigenvalue weighted by Gasteiger charge is -2.17. The number of carbonyl (C=O) groups is 2. The molecule has 1 amide bonds. The van der Waals surface area contributed by atoms with E-state index in [1.165, 1.54) is 5.56 Å². The van der Waals surface area contributed by atoms with Gasteiger partial charge in [0.05, 0.1) is 5.41 Å². The molecule has 194 valence electrons. The number of benzene rings is 3. The van der Waals surface area contributed by atoms with Crippen molar-refractivity contribution in [3.8, 4) is 22.6 Å². The lowest BCUT2D eigenvalue weighted by molar-refractivity contribution is -0.123. The van der Waals surface area contributed by atoms with Gasteiger partial charge < -0.3 is 14.8 Å². The Morgan fingerprint density at radius 2 is 1.62 bits per heavy atom. The van der Waals surface area contributed by atoms with Gasteiger partial charge in [-0.25, -0.2) is 0 Å². The SMILES string of the molecule is Cc1ccc(CC(=O)C2(c3ccc4c(c3)OCO4)CC2)cc1-c1ccc(CNC(=O)CC(C)(C)C)cc1.[HH]. The van der Waals surface area contributed by atoms with Crippen LogP contribution in [0.4, 0.5) is 0 Å². The second kappa shape index (κ2) is 9.70. The molecule has 0 radical (unpaired) electrons. The highest BCUT2D eigenvalue weighted by Crippen LogP contribution is 2.51. The molecule has 0 aromatic heterocycles. The van der Waals surface area contributed by atoms with E-state index in [0.717, 1.165) is 52.2 Å². The molecule has 0 atom stereocenters. The Morgan fingerprint density at radius 1 is 0.919 bits per heavy atom. The first kappa shape index (κ1) is 25.1. The molecule has 0 saturated heterocycles. The second-order valence-corrected chi connectivity index (χ2v) is 11.6. The molecule has 1 fully saturated rings. The van der Waals surface area contributed by atoms with Crippen LogP contribution in [0.3, 0.4) is 0 Å². The molecule has 5 nitrogen and oxygen atoms in total. The lowest BCUT2D eigenvalue weighted by Crippen LogP contribution is -2.27. The third-order valence-corrected chi connectivity index (χ3v) is 7.32. The highest BCUT2D eigenvalue weighted by Gasteiger charge is 2.50. The molecule has 3 aromatic carbocycles. The average Bonchev–Trinajstić information content (AvgIpc) is 3.54. The van der Waals surface area contributed by atoms with Gasteiger partial charge in [0.15, 0.2) is 11.5 Å². The van der Waals surface area contributed by atoms with Crippen molar-refractivity contribution in [2.24, 2.45) is 5.41 Å². The molecular weight excluding hydrogens is 462 g/mol. The van der Waals surface area contributed by atoms with Crippen molar-refractivity contribution >= 4 is 11.7 Å². The highest BCUT2D eigenvalue weighted by atomic mass is 16.7. The Kier molecular flexibility index (Phi) is 6.57. The predicted octanol–water partition coefficient (Wildman–Crippen LogP) is 6.53. The van der Waals surface area contributed by atoms with E-state index < -0.39 is 5.41 Å². The normalized spacial score (nSPS) is 15.4. The summed E-state index contributed by atoms with van der Waals surface area (Å²) in [5.74, 6) is 1.79. The van der Waals surface area contributed by atoms with Crippen LogP contribution in [0, 0.1) is 12.3 Å². The zero-order valence-corrected chi connectivity index (χ0v) is 22.1. The molecule has 1 heterocycles. The third kappa shape index (κ3) is 5.56.